The molecule has 0 amide bonds. The minimum absolute atomic E-state index is 0.448. The quantitative estimate of drug-likeness (QED) is 0.663. The molecule has 0 aliphatic heterocycles. The molecule has 8 heteroatoms. The Morgan fingerprint density at radius 3 is 2.90 bits per heavy atom. The summed E-state index contributed by atoms with van der Waals surface area (Å²) in [6.07, 6.45) is 0. The molecule has 0 unspecified atom stereocenters. The SMILES string of the molecule is COc1ccc(Br)c(CSc2nc(=O)c(=O)[nH]n2C)c1. The number of aromatic amines is 1. The van der Waals surface area contributed by atoms with Crippen LogP contribution in [0.1, 0.15) is 5.56 Å². The van der Waals surface area contributed by atoms with Crippen molar-refractivity contribution in [2.45, 2.75) is 10.9 Å². The van der Waals surface area contributed by atoms with Crippen LogP contribution in [-0.4, -0.2) is 21.9 Å². The van der Waals surface area contributed by atoms with Gasteiger partial charge in [-0.25, -0.2) is 0 Å². The van der Waals surface area contributed by atoms with Crippen LogP contribution in [-0.2, 0) is 12.8 Å². The Kier molecular flexibility index (Phi) is 4.66. The van der Waals surface area contributed by atoms with Crippen LogP contribution in [0.25, 0.3) is 0 Å². The molecular formula is C12H12BrN3O3S. The standard InChI is InChI=1S/C12H12BrN3O3S/c1-16-12(14-10(17)11(18)15-16)20-6-7-5-8(19-2)3-4-9(7)13/h3-5H,6H2,1-2H3,(H,15,18). The molecule has 0 aliphatic rings. The van der Waals surface area contributed by atoms with E-state index in [9.17, 15) is 9.59 Å². The number of nitrogens with one attached hydrogen (secondary N) is 1. The Balaban J connectivity index is 2.23. The third-order valence-corrected chi connectivity index (χ3v) is 4.41. The number of rotatable bonds is 4. The molecule has 2 aromatic rings. The Morgan fingerprint density at radius 1 is 1.45 bits per heavy atom. The zero-order valence-corrected chi connectivity index (χ0v) is 13.2. The number of H-pyrrole nitrogens is 1. The van der Waals surface area contributed by atoms with Crippen molar-refractivity contribution in [3.63, 3.8) is 0 Å². The van der Waals surface area contributed by atoms with Gasteiger partial charge in [-0.1, -0.05) is 27.7 Å². The zero-order valence-electron chi connectivity index (χ0n) is 10.8. The maximum absolute atomic E-state index is 11.3. The highest BCUT2D eigenvalue weighted by Gasteiger charge is 2.08. The highest BCUT2D eigenvalue weighted by Crippen LogP contribution is 2.28. The Bertz CT molecular complexity index is 741. The number of hydrogen-bond acceptors (Lipinski definition) is 5. The van der Waals surface area contributed by atoms with Gasteiger partial charge in [0.25, 0.3) is 0 Å². The molecule has 0 fully saturated rings. The van der Waals surface area contributed by atoms with Gasteiger partial charge in [-0.15, -0.1) is 0 Å². The van der Waals surface area contributed by atoms with Crippen LogP contribution in [0, 0.1) is 0 Å². The van der Waals surface area contributed by atoms with E-state index in [0.717, 1.165) is 15.8 Å². The van der Waals surface area contributed by atoms with E-state index in [2.05, 4.69) is 26.0 Å². The smallest absolute Gasteiger partial charge is 0.339 e. The molecule has 0 radical (unpaired) electrons. The van der Waals surface area contributed by atoms with Crippen LogP contribution in [0.15, 0.2) is 37.4 Å². The average Bonchev–Trinajstić information content (AvgIpc) is 2.43. The molecular weight excluding hydrogens is 346 g/mol. The molecule has 20 heavy (non-hydrogen) atoms. The molecule has 2 rings (SSSR count). The lowest BCUT2D eigenvalue weighted by atomic mass is 10.2. The topological polar surface area (TPSA) is 77.0 Å². The number of benzene rings is 1. The summed E-state index contributed by atoms with van der Waals surface area (Å²) in [4.78, 5) is 26.1. The zero-order chi connectivity index (χ0) is 14.7. The van der Waals surface area contributed by atoms with E-state index in [1.165, 1.54) is 16.4 Å². The van der Waals surface area contributed by atoms with Crippen LogP contribution < -0.4 is 15.9 Å². The first kappa shape index (κ1) is 14.9. The summed E-state index contributed by atoms with van der Waals surface area (Å²) in [5, 5.41) is 2.86. The molecule has 1 heterocycles. The van der Waals surface area contributed by atoms with Gasteiger partial charge in [-0.05, 0) is 23.8 Å². The molecule has 0 spiro atoms. The minimum atomic E-state index is -0.782. The lowest BCUT2D eigenvalue weighted by Gasteiger charge is -2.08. The van der Waals surface area contributed by atoms with Gasteiger partial charge >= 0.3 is 11.1 Å². The second-order valence-electron chi connectivity index (χ2n) is 3.95. The molecule has 0 atom stereocenters. The summed E-state index contributed by atoms with van der Waals surface area (Å²) in [7, 11) is 3.24. The maximum Gasteiger partial charge on any atom is 0.339 e. The lowest BCUT2D eigenvalue weighted by molar-refractivity contribution is 0.414. The second-order valence-corrected chi connectivity index (χ2v) is 5.74. The van der Waals surface area contributed by atoms with E-state index in [0.29, 0.717) is 10.9 Å². The van der Waals surface area contributed by atoms with E-state index < -0.39 is 11.1 Å². The third kappa shape index (κ3) is 3.31. The van der Waals surface area contributed by atoms with Crippen LogP contribution in [0.5, 0.6) is 5.75 Å². The van der Waals surface area contributed by atoms with Gasteiger partial charge < -0.3 is 4.74 Å². The number of nitrogens with zero attached hydrogens (tertiary/aromatic N) is 2. The largest absolute Gasteiger partial charge is 0.497 e. The van der Waals surface area contributed by atoms with Crippen molar-refractivity contribution in [1.82, 2.24) is 14.8 Å². The van der Waals surface area contributed by atoms with Crippen molar-refractivity contribution in [2.75, 3.05) is 7.11 Å². The van der Waals surface area contributed by atoms with Crippen LogP contribution in [0.2, 0.25) is 0 Å². The monoisotopic (exact) mass is 357 g/mol. The summed E-state index contributed by atoms with van der Waals surface area (Å²) in [6, 6.07) is 5.65. The molecule has 0 bridgehead atoms. The van der Waals surface area contributed by atoms with E-state index in [1.54, 1.807) is 14.2 Å². The predicted molar refractivity (Wildman–Crippen MR) is 80.4 cm³/mol. The molecule has 1 aromatic carbocycles. The van der Waals surface area contributed by atoms with Gasteiger partial charge in [0.05, 0.1) is 7.11 Å². The van der Waals surface area contributed by atoms with Crippen LogP contribution in [0.3, 0.4) is 0 Å². The normalized spacial score (nSPS) is 10.6. The summed E-state index contributed by atoms with van der Waals surface area (Å²) < 4.78 is 7.55. The number of aryl methyl sites for hydroxylation is 1. The number of thioether (sulfide) groups is 1. The van der Waals surface area contributed by atoms with E-state index >= 15 is 0 Å². The van der Waals surface area contributed by atoms with Crippen molar-refractivity contribution >= 4 is 27.7 Å². The first-order valence-corrected chi connectivity index (χ1v) is 7.41. The van der Waals surface area contributed by atoms with Crippen molar-refractivity contribution in [2.24, 2.45) is 7.05 Å². The summed E-state index contributed by atoms with van der Waals surface area (Å²) in [6.45, 7) is 0. The van der Waals surface area contributed by atoms with Crippen molar-refractivity contribution < 1.29 is 4.74 Å². The first-order valence-electron chi connectivity index (χ1n) is 5.64. The van der Waals surface area contributed by atoms with Gasteiger partial charge in [-0.2, -0.15) is 4.98 Å². The Hall–Kier alpha value is -1.54. The third-order valence-electron chi connectivity index (χ3n) is 2.56. The van der Waals surface area contributed by atoms with Crippen molar-refractivity contribution in [1.29, 1.82) is 0 Å². The fourth-order valence-corrected chi connectivity index (χ4v) is 3.00. The Labute approximate surface area is 127 Å². The molecule has 6 nitrogen and oxygen atoms in total. The van der Waals surface area contributed by atoms with Crippen LogP contribution >= 0.6 is 27.7 Å². The predicted octanol–water partition coefficient (Wildman–Crippen LogP) is 1.53. The van der Waals surface area contributed by atoms with E-state index in [4.69, 9.17) is 4.74 Å². The van der Waals surface area contributed by atoms with Gasteiger partial charge in [-0.3, -0.25) is 19.4 Å². The molecule has 1 N–H and O–H groups in total. The summed E-state index contributed by atoms with van der Waals surface area (Å²) in [5.74, 6) is 1.34. The van der Waals surface area contributed by atoms with Gasteiger partial charge in [0.1, 0.15) is 5.75 Å². The second kappa shape index (κ2) is 6.27. The van der Waals surface area contributed by atoms with Crippen LogP contribution in [0.4, 0.5) is 0 Å². The number of hydrogen-bond donors (Lipinski definition) is 1. The van der Waals surface area contributed by atoms with E-state index in [-0.39, 0.29) is 0 Å². The summed E-state index contributed by atoms with van der Waals surface area (Å²) in [5.41, 5.74) is -0.496. The fraction of sp³-hybridized carbons (Fsp3) is 0.250. The Morgan fingerprint density at radius 2 is 2.20 bits per heavy atom. The highest BCUT2D eigenvalue weighted by molar-refractivity contribution is 9.10. The lowest BCUT2D eigenvalue weighted by Crippen LogP contribution is -2.33. The number of ether oxygens (including phenoxy) is 1. The number of halogens is 1. The number of aromatic nitrogens is 3. The highest BCUT2D eigenvalue weighted by atomic mass is 79.9. The fourth-order valence-electron chi connectivity index (χ4n) is 1.52. The first-order chi connectivity index (χ1) is 9.51. The van der Waals surface area contributed by atoms with Crippen molar-refractivity contribution in [3.05, 3.63) is 48.9 Å². The van der Waals surface area contributed by atoms with Crippen molar-refractivity contribution in [3.8, 4) is 5.75 Å². The molecule has 0 aliphatic carbocycles. The van der Waals surface area contributed by atoms with E-state index in [1.807, 2.05) is 18.2 Å². The molecule has 1 aromatic heterocycles. The average molecular weight is 358 g/mol. The molecule has 106 valence electrons. The minimum Gasteiger partial charge on any atom is -0.497 e. The number of methoxy groups -OCH3 is 1. The summed E-state index contributed by atoms with van der Waals surface area (Å²) >= 11 is 4.81. The van der Waals surface area contributed by atoms with Gasteiger partial charge in [0, 0.05) is 17.3 Å². The molecule has 0 saturated heterocycles. The molecule has 0 saturated carbocycles. The maximum atomic E-state index is 11.3. The van der Waals surface area contributed by atoms with Gasteiger partial charge in [0.15, 0.2) is 5.16 Å². The van der Waals surface area contributed by atoms with Gasteiger partial charge in [0.2, 0.25) is 0 Å².